The van der Waals surface area contributed by atoms with Crippen LogP contribution in [0.15, 0.2) is 200 Å². The molecule has 0 saturated carbocycles. The molecule has 0 atom stereocenters. The maximum absolute atomic E-state index is 5.51. The lowest BCUT2D eigenvalue weighted by Crippen LogP contribution is -2.00. The lowest BCUT2D eigenvalue weighted by molar-refractivity contribution is 1.13. The van der Waals surface area contributed by atoms with E-state index in [1.165, 1.54) is 79.9 Å². The van der Waals surface area contributed by atoms with Crippen LogP contribution >= 0.6 is 11.3 Å². The summed E-state index contributed by atoms with van der Waals surface area (Å²) in [5.74, 6) is 0. The molecule has 0 aliphatic rings. The van der Waals surface area contributed by atoms with E-state index in [-0.39, 0.29) is 0 Å². The minimum Gasteiger partial charge on any atom is -0.309 e. The fourth-order valence-electron chi connectivity index (χ4n) is 9.63. The smallest absolute Gasteiger partial charge is 0.0888 e. The van der Waals surface area contributed by atoms with Gasteiger partial charge in [-0.25, -0.2) is 4.98 Å². The van der Waals surface area contributed by atoms with Crippen molar-refractivity contribution in [1.82, 2.24) is 14.1 Å². The summed E-state index contributed by atoms with van der Waals surface area (Å²) in [6.45, 7) is 0. The lowest BCUT2D eigenvalue weighted by Gasteiger charge is -2.16. The zero-order valence-electron chi connectivity index (χ0n) is 31.8. The average molecular weight is 768 g/mol. The van der Waals surface area contributed by atoms with E-state index in [0.717, 1.165) is 39.3 Å². The van der Waals surface area contributed by atoms with Crippen LogP contribution in [0.2, 0.25) is 0 Å². The Balaban J connectivity index is 1.09. The first-order valence-corrected chi connectivity index (χ1v) is 20.9. The van der Waals surface area contributed by atoms with Crippen LogP contribution in [0.3, 0.4) is 0 Å². The first-order valence-electron chi connectivity index (χ1n) is 20.1. The Labute approximate surface area is 343 Å². The van der Waals surface area contributed by atoms with Crippen LogP contribution in [0.5, 0.6) is 0 Å². The second kappa shape index (κ2) is 12.5. The van der Waals surface area contributed by atoms with Crippen LogP contribution in [0.4, 0.5) is 0 Å². The topological polar surface area (TPSA) is 22.8 Å². The quantitative estimate of drug-likeness (QED) is 0.164. The largest absolute Gasteiger partial charge is 0.309 e. The first-order chi connectivity index (χ1) is 29.2. The molecule has 13 aromatic rings. The third-order valence-corrected chi connectivity index (χ3v) is 13.4. The van der Waals surface area contributed by atoms with Crippen molar-refractivity contribution >= 4 is 96.8 Å². The van der Waals surface area contributed by atoms with E-state index in [1.807, 2.05) is 11.3 Å². The number of benzene rings is 9. The van der Waals surface area contributed by atoms with Crippen molar-refractivity contribution in [2.75, 3.05) is 0 Å². The van der Waals surface area contributed by atoms with Gasteiger partial charge in [0.2, 0.25) is 0 Å². The van der Waals surface area contributed by atoms with E-state index in [0.29, 0.717) is 0 Å². The molecule has 4 aromatic heterocycles. The fourth-order valence-corrected chi connectivity index (χ4v) is 10.9. The molecule has 4 heteroatoms. The molecular formula is C55H33N3S. The van der Waals surface area contributed by atoms with Gasteiger partial charge in [-0.3, -0.25) is 0 Å². The van der Waals surface area contributed by atoms with E-state index in [2.05, 4.69) is 209 Å². The van der Waals surface area contributed by atoms with Gasteiger partial charge in [0, 0.05) is 59.3 Å². The van der Waals surface area contributed by atoms with Crippen molar-refractivity contribution in [3.8, 4) is 33.8 Å². The molecule has 0 saturated heterocycles. The van der Waals surface area contributed by atoms with Crippen LogP contribution in [0, 0.1) is 0 Å². The second-order valence-corrected chi connectivity index (χ2v) is 16.6. The highest BCUT2D eigenvalue weighted by Crippen LogP contribution is 2.45. The average Bonchev–Trinajstić information content (AvgIpc) is 3.96. The molecule has 59 heavy (non-hydrogen) atoms. The molecule has 3 nitrogen and oxygen atoms in total. The van der Waals surface area contributed by atoms with E-state index in [4.69, 9.17) is 4.98 Å². The Hall–Kier alpha value is -7.53. The van der Waals surface area contributed by atoms with Gasteiger partial charge < -0.3 is 9.13 Å². The molecule has 0 aliphatic carbocycles. The molecule has 274 valence electrons. The monoisotopic (exact) mass is 767 g/mol. The van der Waals surface area contributed by atoms with Gasteiger partial charge in [0.25, 0.3) is 0 Å². The minimum atomic E-state index is 1.02. The lowest BCUT2D eigenvalue weighted by atomic mass is 9.97. The van der Waals surface area contributed by atoms with E-state index in [1.54, 1.807) is 0 Å². The van der Waals surface area contributed by atoms with Gasteiger partial charge in [-0.2, -0.15) is 0 Å². The van der Waals surface area contributed by atoms with E-state index < -0.39 is 0 Å². The molecule has 0 N–H and O–H groups in total. The molecular weight excluding hydrogens is 735 g/mol. The van der Waals surface area contributed by atoms with Gasteiger partial charge in [-0.05, 0) is 88.6 Å². The molecule has 0 fully saturated rings. The van der Waals surface area contributed by atoms with Crippen molar-refractivity contribution in [2.24, 2.45) is 0 Å². The van der Waals surface area contributed by atoms with Crippen LogP contribution in [-0.2, 0) is 0 Å². The van der Waals surface area contributed by atoms with Crippen molar-refractivity contribution in [3.05, 3.63) is 200 Å². The number of hydrogen-bond donors (Lipinski definition) is 0. The Morgan fingerprint density at radius 1 is 0.356 bits per heavy atom. The number of thiophene rings is 1. The SMILES string of the molecule is c1cc(-c2cc(-n3c4ccccc4c4ccccc43)cc(-n3c4ccccc4c4ccccc43)c2)cc(-c2nc3cc4ccccc4cc3c3c2sc2ccccc23)c1. The van der Waals surface area contributed by atoms with Crippen LogP contribution < -0.4 is 0 Å². The van der Waals surface area contributed by atoms with Gasteiger partial charge in [0.05, 0.1) is 38.0 Å². The third kappa shape index (κ3) is 4.84. The van der Waals surface area contributed by atoms with Crippen LogP contribution in [0.25, 0.3) is 119 Å². The number of aromatic nitrogens is 3. The summed E-state index contributed by atoms with van der Waals surface area (Å²) in [6.07, 6.45) is 0. The van der Waals surface area contributed by atoms with Gasteiger partial charge in [-0.15, -0.1) is 11.3 Å². The zero-order valence-corrected chi connectivity index (χ0v) is 32.6. The predicted octanol–water partition coefficient (Wildman–Crippen LogP) is 15.3. The molecule has 13 rings (SSSR count). The maximum atomic E-state index is 5.51. The normalized spacial score (nSPS) is 12.1. The van der Waals surface area contributed by atoms with Crippen molar-refractivity contribution in [2.45, 2.75) is 0 Å². The van der Waals surface area contributed by atoms with Crippen molar-refractivity contribution in [1.29, 1.82) is 0 Å². The van der Waals surface area contributed by atoms with Gasteiger partial charge >= 0.3 is 0 Å². The summed E-state index contributed by atoms with van der Waals surface area (Å²) in [6, 6.07) is 73.2. The minimum absolute atomic E-state index is 1.02. The molecule has 0 aliphatic heterocycles. The number of rotatable bonds is 4. The van der Waals surface area contributed by atoms with E-state index >= 15 is 0 Å². The van der Waals surface area contributed by atoms with Crippen molar-refractivity contribution in [3.63, 3.8) is 0 Å². The Morgan fingerprint density at radius 3 is 1.44 bits per heavy atom. The standard InChI is InChI=1S/C55H33N3S/c1-2-15-36-32-47-46(31-35(36)14-1)53-45-22-7-12-27-52(45)59-55(53)54(56-47)37-17-13-16-34(28-37)38-29-39(57-48-23-8-3-18-41(48)42-19-4-9-24-49(42)57)33-40(30-38)58-50-25-10-5-20-43(50)44-21-6-11-26-51(44)58/h1-33H. The predicted molar refractivity (Wildman–Crippen MR) is 252 cm³/mol. The molecule has 0 unspecified atom stereocenters. The number of para-hydroxylation sites is 4. The zero-order chi connectivity index (χ0) is 38.6. The van der Waals surface area contributed by atoms with Crippen LogP contribution in [0.1, 0.15) is 0 Å². The number of hydrogen-bond acceptors (Lipinski definition) is 2. The highest BCUT2D eigenvalue weighted by Gasteiger charge is 2.20. The highest BCUT2D eigenvalue weighted by molar-refractivity contribution is 7.26. The Bertz CT molecular complexity index is 3620. The molecule has 0 spiro atoms. The molecule has 9 aromatic carbocycles. The first kappa shape index (κ1) is 32.5. The molecule has 4 heterocycles. The third-order valence-electron chi connectivity index (χ3n) is 12.2. The maximum Gasteiger partial charge on any atom is 0.0888 e. The summed E-state index contributed by atoms with van der Waals surface area (Å²) in [5, 5.41) is 11.2. The fraction of sp³-hybridized carbons (Fsp3) is 0. The summed E-state index contributed by atoms with van der Waals surface area (Å²) in [4.78, 5) is 5.51. The number of nitrogens with zero attached hydrogens (tertiary/aromatic N) is 3. The van der Waals surface area contributed by atoms with E-state index in [9.17, 15) is 0 Å². The Morgan fingerprint density at radius 2 is 0.847 bits per heavy atom. The summed E-state index contributed by atoms with van der Waals surface area (Å²) in [7, 11) is 0. The van der Waals surface area contributed by atoms with Gasteiger partial charge in [0.1, 0.15) is 0 Å². The molecule has 0 bridgehead atoms. The summed E-state index contributed by atoms with van der Waals surface area (Å²) in [5.41, 5.74) is 12.4. The molecule has 0 amide bonds. The summed E-state index contributed by atoms with van der Waals surface area (Å²) >= 11 is 1.84. The second-order valence-electron chi connectivity index (χ2n) is 15.5. The summed E-state index contributed by atoms with van der Waals surface area (Å²) < 4.78 is 7.37. The number of fused-ring (bicyclic) bond motifs is 12. The van der Waals surface area contributed by atoms with Crippen molar-refractivity contribution < 1.29 is 0 Å². The molecule has 0 radical (unpaired) electrons. The number of pyridine rings is 1. The van der Waals surface area contributed by atoms with Crippen LogP contribution in [-0.4, -0.2) is 14.1 Å². The highest BCUT2D eigenvalue weighted by atomic mass is 32.1. The van der Waals surface area contributed by atoms with Gasteiger partial charge in [0.15, 0.2) is 0 Å². The van der Waals surface area contributed by atoms with Gasteiger partial charge in [-0.1, -0.05) is 133 Å². The Kier molecular flexibility index (Phi) is 6.89.